The highest BCUT2D eigenvalue weighted by Crippen LogP contribution is 2.33. The third-order valence-electron chi connectivity index (χ3n) is 4.03. The van der Waals surface area contributed by atoms with E-state index >= 15 is 0 Å². The van der Waals surface area contributed by atoms with Crippen LogP contribution in [-0.4, -0.2) is 19.2 Å². The van der Waals surface area contributed by atoms with Gasteiger partial charge in [-0.25, -0.2) is 0 Å². The molecule has 0 saturated heterocycles. The molecule has 0 amide bonds. The standard InChI is InChI=1S/C17H27NO/c1-5-9-18-13(2)12-17(3,4)15-6-7-16-14(11-15)8-10-19-16/h6-7,11,13,18H,5,8-10,12H2,1-4H3. The average Bonchev–Trinajstić information content (AvgIpc) is 2.82. The molecular weight excluding hydrogens is 234 g/mol. The SMILES string of the molecule is CCCNC(C)CC(C)(C)c1ccc2c(c1)CCO2. The smallest absolute Gasteiger partial charge is 0.122 e. The van der Waals surface area contributed by atoms with Gasteiger partial charge in [0, 0.05) is 12.5 Å². The molecule has 0 aliphatic carbocycles. The molecule has 2 heteroatoms. The van der Waals surface area contributed by atoms with Crippen LogP contribution in [-0.2, 0) is 11.8 Å². The molecule has 1 heterocycles. The number of hydrogen-bond donors (Lipinski definition) is 1. The van der Waals surface area contributed by atoms with E-state index in [-0.39, 0.29) is 5.41 Å². The Morgan fingerprint density at radius 2 is 2.16 bits per heavy atom. The normalized spacial score (nSPS) is 16.0. The molecule has 1 aromatic carbocycles. The maximum atomic E-state index is 5.59. The lowest BCUT2D eigenvalue weighted by atomic mass is 9.78. The van der Waals surface area contributed by atoms with Crippen LogP contribution in [0.25, 0.3) is 0 Å². The summed E-state index contributed by atoms with van der Waals surface area (Å²) in [6, 6.07) is 7.27. The predicted molar refractivity (Wildman–Crippen MR) is 81.0 cm³/mol. The van der Waals surface area contributed by atoms with Crippen molar-refractivity contribution >= 4 is 0 Å². The second kappa shape index (κ2) is 5.96. The molecule has 1 atom stereocenters. The molecule has 1 unspecified atom stereocenters. The predicted octanol–water partition coefficient (Wildman–Crippen LogP) is 3.68. The van der Waals surface area contributed by atoms with E-state index in [4.69, 9.17) is 4.74 Å². The summed E-state index contributed by atoms with van der Waals surface area (Å²) in [6.45, 7) is 11.1. The summed E-state index contributed by atoms with van der Waals surface area (Å²) in [7, 11) is 0. The molecule has 19 heavy (non-hydrogen) atoms. The van der Waals surface area contributed by atoms with Crippen LogP contribution in [0.15, 0.2) is 18.2 Å². The Kier molecular flexibility index (Phi) is 4.51. The fraction of sp³-hybridized carbons (Fsp3) is 0.647. The molecule has 2 nitrogen and oxygen atoms in total. The summed E-state index contributed by atoms with van der Waals surface area (Å²) < 4.78 is 5.59. The number of rotatable bonds is 6. The molecule has 0 spiro atoms. The quantitative estimate of drug-likeness (QED) is 0.843. The van der Waals surface area contributed by atoms with E-state index in [9.17, 15) is 0 Å². The lowest BCUT2D eigenvalue weighted by Gasteiger charge is -2.29. The molecule has 2 rings (SSSR count). The number of ether oxygens (including phenoxy) is 1. The van der Waals surface area contributed by atoms with Gasteiger partial charge in [-0.15, -0.1) is 0 Å². The second-order valence-electron chi connectivity index (χ2n) is 6.36. The lowest BCUT2D eigenvalue weighted by Crippen LogP contribution is -2.33. The molecule has 1 aliphatic heterocycles. The monoisotopic (exact) mass is 261 g/mol. The minimum absolute atomic E-state index is 0.206. The van der Waals surface area contributed by atoms with Crippen molar-refractivity contribution in [1.29, 1.82) is 0 Å². The van der Waals surface area contributed by atoms with Crippen molar-refractivity contribution in [3.05, 3.63) is 29.3 Å². The number of fused-ring (bicyclic) bond motifs is 1. The summed E-state index contributed by atoms with van der Waals surface area (Å²) in [5, 5.41) is 3.59. The van der Waals surface area contributed by atoms with Crippen LogP contribution in [0.1, 0.15) is 51.7 Å². The Balaban J connectivity index is 2.06. The largest absolute Gasteiger partial charge is 0.493 e. The molecule has 106 valence electrons. The number of nitrogens with one attached hydrogen (secondary N) is 1. The van der Waals surface area contributed by atoms with E-state index in [1.807, 2.05) is 0 Å². The van der Waals surface area contributed by atoms with Crippen molar-refractivity contribution in [3.63, 3.8) is 0 Å². The van der Waals surface area contributed by atoms with Crippen LogP contribution in [0, 0.1) is 0 Å². The first-order valence-corrected chi connectivity index (χ1v) is 7.52. The van der Waals surface area contributed by atoms with Crippen molar-refractivity contribution in [2.24, 2.45) is 0 Å². The number of benzene rings is 1. The Morgan fingerprint density at radius 3 is 2.89 bits per heavy atom. The maximum Gasteiger partial charge on any atom is 0.122 e. The van der Waals surface area contributed by atoms with E-state index in [0.29, 0.717) is 6.04 Å². The van der Waals surface area contributed by atoms with Crippen molar-refractivity contribution in [3.8, 4) is 5.75 Å². The zero-order valence-corrected chi connectivity index (χ0v) is 12.8. The van der Waals surface area contributed by atoms with Gasteiger partial charge in [-0.05, 0) is 48.9 Å². The topological polar surface area (TPSA) is 21.3 Å². The van der Waals surface area contributed by atoms with E-state index in [1.54, 1.807) is 0 Å². The maximum absolute atomic E-state index is 5.59. The first-order valence-electron chi connectivity index (χ1n) is 7.52. The lowest BCUT2D eigenvalue weighted by molar-refractivity contribution is 0.356. The van der Waals surface area contributed by atoms with Crippen molar-refractivity contribution < 1.29 is 4.74 Å². The molecule has 1 aromatic rings. The summed E-state index contributed by atoms with van der Waals surface area (Å²) in [5.74, 6) is 1.08. The highest BCUT2D eigenvalue weighted by Gasteiger charge is 2.25. The second-order valence-corrected chi connectivity index (χ2v) is 6.36. The Labute approximate surface area is 117 Å². The van der Waals surface area contributed by atoms with Gasteiger partial charge in [0.25, 0.3) is 0 Å². The van der Waals surface area contributed by atoms with Crippen molar-refractivity contribution in [2.75, 3.05) is 13.2 Å². The molecule has 0 aromatic heterocycles. The van der Waals surface area contributed by atoms with Crippen LogP contribution >= 0.6 is 0 Å². The highest BCUT2D eigenvalue weighted by atomic mass is 16.5. The molecule has 0 saturated carbocycles. The first-order chi connectivity index (χ1) is 9.03. The van der Waals surface area contributed by atoms with Crippen LogP contribution in [0.3, 0.4) is 0 Å². The van der Waals surface area contributed by atoms with Crippen molar-refractivity contribution in [1.82, 2.24) is 5.32 Å². The zero-order chi connectivity index (χ0) is 13.9. The van der Waals surface area contributed by atoms with Gasteiger partial charge in [0.15, 0.2) is 0 Å². The fourth-order valence-corrected chi connectivity index (χ4v) is 2.95. The van der Waals surface area contributed by atoms with Gasteiger partial charge in [-0.2, -0.15) is 0 Å². The third-order valence-corrected chi connectivity index (χ3v) is 4.03. The zero-order valence-electron chi connectivity index (χ0n) is 12.8. The third kappa shape index (κ3) is 3.50. The molecule has 0 bridgehead atoms. The van der Waals surface area contributed by atoms with Gasteiger partial charge in [-0.3, -0.25) is 0 Å². The average molecular weight is 261 g/mol. The molecule has 0 radical (unpaired) electrons. The van der Waals surface area contributed by atoms with Gasteiger partial charge < -0.3 is 10.1 Å². The van der Waals surface area contributed by atoms with Gasteiger partial charge in [-0.1, -0.05) is 32.9 Å². The van der Waals surface area contributed by atoms with E-state index in [2.05, 4.69) is 51.2 Å². The minimum Gasteiger partial charge on any atom is -0.493 e. The van der Waals surface area contributed by atoms with E-state index in [1.165, 1.54) is 17.5 Å². The van der Waals surface area contributed by atoms with Gasteiger partial charge in [0.05, 0.1) is 6.61 Å². The fourth-order valence-electron chi connectivity index (χ4n) is 2.95. The van der Waals surface area contributed by atoms with Crippen molar-refractivity contribution in [2.45, 2.75) is 58.4 Å². The van der Waals surface area contributed by atoms with E-state index in [0.717, 1.165) is 31.7 Å². The van der Waals surface area contributed by atoms with E-state index < -0.39 is 0 Å². The van der Waals surface area contributed by atoms with Gasteiger partial charge in [0.2, 0.25) is 0 Å². The summed E-state index contributed by atoms with van der Waals surface area (Å²) in [5.41, 5.74) is 3.01. The van der Waals surface area contributed by atoms with Crippen LogP contribution < -0.4 is 10.1 Å². The van der Waals surface area contributed by atoms with Gasteiger partial charge >= 0.3 is 0 Å². The van der Waals surface area contributed by atoms with Crippen LogP contribution in [0.4, 0.5) is 0 Å². The molecule has 1 aliphatic rings. The highest BCUT2D eigenvalue weighted by molar-refractivity contribution is 5.42. The summed E-state index contributed by atoms with van der Waals surface area (Å²) in [4.78, 5) is 0. The molecule has 1 N–H and O–H groups in total. The molecular formula is C17H27NO. The Bertz CT molecular complexity index is 425. The first kappa shape index (κ1) is 14.4. The minimum atomic E-state index is 0.206. The van der Waals surface area contributed by atoms with Crippen LogP contribution in [0.2, 0.25) is 0 Å². The number of hydrogen-bond acceptors (Lipinski definition) is 2. The summed E-state index contributed by atoms with van der Waals surface area (Å²) in [6.07, 6.45) is 3.41. The Hall–Kier alpha value is -1.02. The van der Waals surface area contributed by atoms with Gasteiger partial charge in [0.1, 0.15) is 5.75 Å². The Morgan fingerprint density at radius 1 is 1.37 bits per heavy atom. The summed E-state index contributed by atoms with van der Waals surface area (Å²) >= 11 is 0. The molecule has 0 fully saturated rings. The van der Waals surface area contributed by atoms with Crippen LogP contribution in [0.5, 0.6) is 5.75 Å².